The van der Waals surface area contributed by atoms with Crippen molar-refractivity contribution >= 4 is 34.1 Å². The van der Waals surface area contributed by atoms with E-state index in [1.54, 1.807) is 0 Å². The normalized spacial score (nSPS) is 17.9. The van der Waals surface area contributed by atoms with E-state index in [0.29, 0.717) is 0 Å². The van der Waals surface area contributed by atoms with Crippen LogP contribution in [0.1, 0.15) is 27.7 Å². The molecule has 5 rings (SSSR count). The lowest BCUT2D eigenvalue weighted by Gasteiger charge is -2.32. The summed E-state index contributed by atoms with van der Waals surface area (Å²) in [4.78, 5) is 0. The quantitative estimate of drug-likeness (QED) is 0.316. The molecule has 0 unspecified atom stereocenters. The van der Waals surface area contributed by atoms with E-state index in [2.05, 4.69) is 107 Å². The van der Waals surface area contributed by atoms with Crippen LogP contribution in [0.25, 0.3) is 32.7 Å². The highest BCUT2D eigenvalue weighted by Crippen LogP contribution is 2.37. The summed E-state index contributed by atoms with van der Waals surface area (Å²) >= 11 is 0. The van der Waals surface area contributed by atoms with Gasteiger partial charge in [-0.15, -0.1) is 0 Å². The molecule has 1 aliphatic heterocycles. The van der Waals surface area contributed by atoms with Crippen LogP contribution in [0.5, 0.6) is 0 Å². The third-order valence-electron chi connectivity index (χ3n) is 6.49. The van der Waals surface area contributed by atoms with Crippen LogP contribution in [0.3, 0.4) is 0 Å². The van der Waals surface area contributed by atoms with E-state index in [1.165, 1.54) is 32.7 Å². The van der Waals surface area contributed by atoms with Crippen molar-refractivity contribution in [3.8, 4) is 11.1 Å². The molecule has 0 bridgehead atoms. The number of hydrogen-bond acceptors (Lipinski definition) is 2. The Morgan fingerprint density at radius 3 is 2.03 bits per heavy atom. The standard InChI is InChI=1S/C26H25BO2/c1-25(2)26(3,4)29-27(28-25)22-10-7-9-19(17-22)20-14-15-24-21(16-20)13-12-18-8-5-6-11-23(18)24/h5-17H,1-4H3. The molecule has 1 fully saturated rings. The van der Waals surface area contributed by atoms with Crippen molar-refractivity contribution in [1.29, 1.82) is 0 Å². The largest absolute Gasteiger partial charge is 0.494 e. The Morgan fingerprint density at radius 2 is 1.24 bits per heavy atom. The summed E-state index contributed by atoms with van der Waals surface area (Å²) in [7, 11) is -0.343. The Balaban J connectivity index is 1.54. The van der Waals surface area contributed by atoms with Gasteiger partial charge in [-0.05, 0) is 71.9 Å². The van der Waals surface area contributed by atoms with Crippen LogP contribution < -0.4 is 5.46 Å². The minimum Gasteiger partial charge on any atom is -0.399 e. The van der Waals surface area contributed by atoms with Crippen LogP contribution in [-0.2, 0) is 9.31 Å². The van der Waals surface area contributed by atoms with Crippen LogP contribution >= 0.6 is 0 Å². The Morgan fingerprint density at radius 1 is 0.586 bits per heavy atom. The second-order valence-corrected chi connectivity index (χ2v) is 8.94. The molecule has 29 heavy (non-hydrogen) atoms. The summed E-state index contributed by atoms with van der Waals surface area (Å²) in [5.41, 5.74) is 2.76. The fourth-order valence-corrected chi connectivity index (χ4v) is 4.04. The minimum absolute atomic E-state index is 0.336. The summed E-state index contributed by atoms with van der Waals surface area (Å²) in [5, 5.41) is 5.11. The van der Waals surface area contributed by atoms with Gasteiger partial charge in [-0.2, -0.15) is 0 Å². The predicted molar refractivity (Wildman–Crippen MR) is 123 cm³/mol. The van der Waals surface area contributed by atoms with Crippen LogP contribution in [0.15, 0.2) is 78.9 Å². The highest BCUT2D eigenvalue weighted by molar-refractivity contribution is 6.62. The van der Waals surface area contributed by atoms with Crippen LogP contribution in [-0.4, -0.2) is 18.3 Å². The van der Waals surface area contributed by atoms with E-state index >= 15 is 0 Å². The Bertz CT molecular complexity index is 1210. The predicted octanol–water partition coefficient (Wildman–Crippen LogP) is 5.96. The van der Waals surface area contributed by atoms with E-state index in [9.17, 15) is 0 Å². The molecule has 0 aromatic heterocycles. The second kappa shape index (κ2) is 6.45. The fourth-order valence-electron chi connectivity index (χ4n) is 4.04. The molecule has 4 aromatic rings. The lowest BCUT2D eigenvalue weighted by molar-refractivity contribution is 0.00578. The first-order chi connectivity index (χ1) is 13.8. The van der Waals surface area contributed by atoms with Crippen molar-refractivity contribution in [2.24, 2.45) is 0 Å². The van der Waals surface area contributed by atoms with E-state index in [4.69, 9.17) is 9.31 Å². The first-order valence-corrected chi connectivity index (χ1v) is 10.2. The molecular formula is C26H25BO2. The van der Waals surface area contributed by atoms with Crippen LogP contribution in [0.4, 0.5) is 0 Å². The first kappa shape index (κ1) is 18.4. The molecule has 0 radical (unpaired) electrons. The van der Waals surface area contributed by atoms with Crippen molar-refractivity contribution in [3.05, 3.63) is 78.9 Å². The number of rotatable bonds is 2. The lowest BCUT2D eigenvalue weighted by Crippen LogP contribution is -2.41. The molecule has 144 valence electrons. The Labute approximate surface area is 172 Å². The Hall–Kier alpha value is -2.62. The fraction of sp³-hybridized carbons (Fsp3) is 0.231. The second-order valence-electron chi connectivity index (χ2n) is 8.94. The molecule has 0 atom stereocenters. The van der Waals surface area contributed by atoms with Crippen LogP contribution in [0, 0.1) is 0 Å². The van der Waals surface area contributed by atoms with E-state index in [0.717, 1.165) is 5.46 Å². The smallest absolute Gasteiger partial charge is 0.399 e. The molecule has 3 heteroatoms. The highest BCUT2D eigenvalue weighted by atomic mass is 16.7. The third-order valence-corrected chi connectivity index (χ3v) is 6.49. The van der Waals surface area contributed by atoms with Crippen LogP contribution in [0.2, 0.25) is 0 Å². The zero-order valence-corrected chi connectivity index (χ0v) is 17.4. The van der Waals surface area contributed by atoms with Crippen molar-refractivity contribution in [2.45, 2.75) is 38.9 Å². The maximum absolute atomic E-state index is 6.24. The molecular weight excluding hydrogens is 355 g/mol. The summed E-state index contributed by atoms with van der Waals surface area (Å²) in [6.07, 6.45) is 0. The number of hydrogen-bond donors (Lipinski definition) is 0. The molecule has 0 spiro atoms. The van der Waals surface area contributed by atoms with Gasteiger partial charge in [-0.25, -0.2) is 0 Å². The number of benzene rings is 4. The average molecular weight is 380 g/mol. The van der Waals surface area contributed by atoms with Crippen molar-refractivity contribution in [2.75, 3.05) is 0 Å². The monoisotopic (exact) mass is 380 g/mol. The van der Waals surface area contributed by atoms with Gasteiger partial charge in [0.15, 0.2) is 0 Å². The van der Waals surface area contributed by atoms with Gasteiger partial charge in [0.2, 0.25) is 0 Å². The van der Waals surface area contributed by atoms with Crippen molar-refractivity contribution in [1.82, 2.24) is 0 Å². The van der Waals surface area contributed by atoms with Crippen molar-refractivity contribution < 1.29 is 9.31 Å². The molecule has 1 heterocycles. The molecule has 4 aromatic carbocycles. The van der Waals surface area contributed by atoms with Gasteiger partial charge < -0.3 is 9.31 Å². The van der Waals surface area contributed by atoms with Gasteiger partial charge in [0.25, 0.3) is 0 Å². The van der Waals surface area contributed by atoms with Gasteiger partial charge in [0.05, 0.1) is 11.2 Å². The van der Waals surface area contributed by atoms with E-state index in [1.807, 2.05) is 0 Å². The summed E-state index contributed by atoms with van der Waals surface area (Å²) in [6, 6.07) is 28.2. The minimum atomic E-state index is -0.343. The average Bonchev–Trinajstić information content (AvgIpc) is 2.95. The van der Waals surface area contributed by atoms with Gasteiger partial charge in [0, 0.05) is 0 Å². The van der Waals surface area contributed by atoms with Gasteiger partial charge in [-0.3, -0.25) is 0 Å². The molecule has 0 amide bonds. The molecule has 2 nitrogen and oxygen atoms in total. The molecule has 0 saturated carbocycles. The topological polar surface area (TPSA) is 18.5 Å². The van der Waals surface area contributed by atoms with Gasteiger partial charge in [0.1, 0.15) is 0 Å². The SMILES string of the molecule is CC1(C)OB(c2cccc(-c3ccc4c(ccc5ccccc54)c3)c2)OC1(C)C. The molecule has 0 N–H and O–H groups in total. The number of fused-ring (bicyclic) bond motifs is 3. The van der Waals surface area contributed by atoms with Gasteiger partial charge >= 0.3 is 7.12 Å². The maximum Gasteiger partial charge on any atom is 0.494 e. The lowest BCUT2D eigenvalue weighted by atomic mass is 9.78. The van der Waals surface area contributed by atoms with E-state index < -0.39 is 0 Å². The zero-order valence-electron chi connectivity index (χ0n) is 17.4. The molecule has 0 aliphatic carbocycles. The van der Waals surface area contributed by atoms with Crippen molar-refractivity contribution in [3.63, 3.8) is 0 Å². The first-order valence-electron chi connectivity index (χ1n) is 10.2. The summed E-state index contributed by atoms with van der Waals surface area (Å²) in [5.74, 6) is 0. The third kappa shape index (κ3) is 3.06. The van der Waals surface area contributed by atoms with Gasteiger partial charge in [-0.1, -0.05) is 72.8 Å². The highest BCUT2D eigenvalue weighted by Gasteiger charge is 2.51. The van der Waals surface area contributed by atoms with E-state index in [-0.39, 0.29) is 18.3 Å². The molecule has 1 aliphatic rings. The summed E-state index contributed by atoms with van der Waals surface area (Å²) in [6.45, 7) is 8.35. The molecule has 1 saturated heterocycles. The maximum atomic E-state index is 6.24. The Kier molecular flexibility index (Phi) is 4.09. The summed E-state index contributed by atoms with van der Waals surface area (Å²) < 4.78 is 12.5. The zero-order chi connectivity index (χ0) is 20.2.